The van der Waals surface area contributed by atoms with Gasteiger partial charge in [-0.3, -0.25) is 4.68 Å². The van der Waals surface area contributed by atoms with Crippen LogP contribution in [-0.2, 0) is 17.7 Å². The number of para-hydroxylation sites is 1. The second kappa shape index (κ2) is 5.11. The van der Waals surface area contributed by atoms with Gasteiger partial charge in [-0.15, -0.1) is 0 Å². The highest BCUT2D eigenvalue weighted by Gasteiger charge is 2.43. The zero-order valence-corrected chi connectivity index (χ0v) is 12.5. The molecule has 21 heavy (non-hydrogen) atoms. The van der Waals surface area contributed by atoms with Gasteiger partial charge >= 0.3 is 0 Å². The van der Waals surface area contributed by atoms with E-state index in [1.807, 2.05) is 0 Å². The van der Waals surface area contributed by atoms with Crippen LogP contribution in [0.1, 0.15) is 31.9 Å². The maximum atomic E-state index is 6.51. The van der Waals surface area contributed by atoms with Crippen molar-refractivity contribution in [3.8, 4) is 0 Å². The molecule has 4 atom stereocenters. The van der Waals surface area contributed by atoms with Crippen molar-refractivity contribution in [3.63, 3.8) is 0 Å². The minimum absolute atomic E-state index is 0.156. The van der Waals surface area contributed by atoms with E-state index in [1.165, 1.54) is 23.7 Å². The number of nitrogens with two attached hydrogens (primary N) is 1. The molecule has 2 N–H and O–H groups in total. The molecule has 3 heterocycles. The van der Waals surface area contributed by atoms with Crippen LogP contribution in [0.5, 0.6) is 0 Å². The van der Waals surface area contributed by atoms with Gasteiger partial charge in [0.05, 0.1) is 23.4 Å². The summed E-state index contributed by atoms with van der Waals surface area (Å²) in [7, 11) is 0. The van der Waals surface area contributed by atoms with Gasteiger partial charge in [0, 0.05) is 30.3 Å². The van der Waals surface area contributed by atoms with Crippen LogP contribution < -0.4 is 5.73 Å². The average molecular weight is 285 g/mol. The number of hydrogen-bond donors (Lipinski definition) is 1. The molecule has 0 spiro atoms. The molecule has 2 aliphatic heterocycles. The van der Waals surface area contributed by atoms with Crippen LogP contribution >= 0.6 is 0 Å². The first kappa shape index (κ1) is 13.3. The van der Waals surface area contributed by atoms with Crippen molar-refractivity contribution >= 4 is 10.9 Å². The zero-order chi connectivity index (χ0) is 14.4. The Balaban J connectivity index is 1.59. The van der Waals surface area contributed by atoms with Crippen LogP contribution in [-0.4, -0.2) is 28.0 Å². The minimum Gasteiger partial charge on any atom is -0.375 e. The normalized spacial score (nSPS) is 29.3. The fraction of sp³-hybridized carbons (Fsp3) is 0.588. The van der Waals surface area contributed by atoms with E-state index < -0.39 is 0 Å². The van der Waals surface area contributed by atoms with Crippen LogP contribution in [0.4, 0.5) is 0 Å². The van der Waals surface area contributed by atoms with Gasteiger partial charge in [-0.2, -0.15) is 5.10 Å². The highest BCUT2D eigenvalue weighted by atomic mass is 16.5. The zero-order valence-electron chi connectivity index (χ0n) is 12.5. The maximum Gasteiger partial charge on any atom is 0.0718 e. The third-order valence-corrected chi connectivity index (χ3v) is 5.17. The molecule has 2 fully saturated rings. The predicted molar refractivity (Wildman–Crippen MR) is 83.1 cm³/mol. The lowest BCUT2D eigenvalue weighted by Crippen LogP contribution is -2.38. The average Bonchev–Trinajstić information content (AvgIpc) is 3.21. The fourth-order valence-electron chi connectivity index (χ4n) is 4.09. The molecule has 0 amide bonds. The maximum absolute atomic E-state index is 6.51. The topological polar surface area (TPSA) is 53.1 Å². The fourth-order valence-corrected chi connectivity index (χ4v) is 4.09. The largest absolute Gasteiger partial charge is 0.375 e. The molecule has 0 saturated carbocycles. The smallest absolute Gasteiger partial charge is 0.0718 e. The van der Waals surface area contributed by atoms with E-state index in [2.05, 4.69) is 35.9 Å². The molecule has 112 valence electrons. The third-order valence-electron chi connectivity index (χ3n) is 5.17. The molecule has 4 unspecified atom stereocenters. The Morgan fingerprint density at radius 1 is 1.38 bits per heavy atom. The van der Waals surface area contributed by atoms with Crippen LogP contribution in [0.25, 0.3) is 10.9 Å². The molecule has 2 saturated heterocycles. The number of fused-ring (bicyclic) bond motifs is 3. The van der Waals surface area contributed by atoms with Crippen molar-refractivity contribution in [1.29, 1.82) is 0 Å². The van der Waals surface area contributed by atoms with Crippen molar-refractivity contribution in [3.05, 3.63) is 30.0 Å². The van der Waals surface area contributed by atoms with E-state index in [0.717, 1.165) is 25.1 Å². The van der Waals surface area contributed by atoms with E-state index in [0.29, 0.717) is 18.1 Å². The van der Waals surface area contributed by atoms with Gasteiger partial charge in [-0.1, -0.05) is 18.2 Å². The second-order valence-electron chi connectivity index (χ2n) is 6.42. The Morgan fingerprint density at radius 2 is 2.24 bits per heavy atom. The summed E-state index contributed by atoms with van der Waals surface area (Å²) < 4.78 is 8.03. The van der Waals surface area contributed by atoms with E-state index >= 15 is 0 Å². The highest BCUT2D eigenvalue weighted by Crippen LogP contribution is 2.40. The summed E-state index contributed by atoms with van der Waals surface area (Å²) in [6.45, 7) is 3.03. The standard InChI is InChI=1S/C17H23N3O/c1-2-20-16-6-4-3-5-12(16)15(19-20)10-14(18)13-9-11-7-8-17(13)21-11/h3-6,11,13-14,17H,2,7-10,18H2,1H3. The monoisotopic (exact) mass is 285 g/mol. The quantitative estimate of drug-likeness (QED) is 0.939. The highest BCUT2D eigenvalue weighted by molar-refractivity contribution is 5.82. The Labute approximate surface area is 125 Å². The van der Waals surface area contributed by atoms with E-state index in [9.17, 15) is 0 Å². The molecule has 0 aliphatic carbocycles. The SMILES string of the molecule is CCn1nc(CC(N)C2CC3CCC2O3)c2ccccc21. The number of nitrogens with zero attached hydrogens (tertiary/aromatic N) is 2. The summed E-state index contributed by atoms with van der Waals surface area (Å²) in [6.07, 6.45) is 5.26. The molecule has 4 heteroatoms. The first-order chi connectivity index (χ1) is 10.3. The molecule has 4 rings (SSSR count). The van der Waals surface area contributed by atoms with Gasteiger partial charge in [-0.25, -0.2) is 0 Å². The number of aryl methyl sites for hydroxylation is 1. The van der Waals surface area contributed by atoms with Crippen molar-refractivity contribution in [2.45, 2.75) is 57.4 Å². The van der Waals surface area contributed by atoms with Gasteiger partial charge in [-0.05, 0) is 32.3 Å². The van der Waals surface area contributed by atoms with E-state index in [1.54, 1.807) is 0 Å². The molecule has 2 bridgehead atoms. The second-order valence-corrected chi connectivity index (χ2v) is 6.42. The van der Waals surface area contributed by atoms with E-state index in [4.69, 9.17) is 15.6 Å². The lowest BCUT2D eigenvalue weighted by Gasteiger charge is -2.24. The first-order valence-electron chi connectivity index (χ1n) is 8.11. The van der Waals surface area contributed by atoms with Crippen molar-refractivity contribution in [1.82, 2.24) is 9.78 Å². The predicted octanol–water partition coefficient (Wildman–Crippen LogP) is 2.49. The molecule has 1 aromatic heterocycles. The first-order valence-corrected chi connectivity index (χ1v) is 8.11. The van der Waals surface area contributed by atoms with Crippen LogP contribution in [0.15, 0.2) is 24.3 Å². The number of aromatic nitrogens is 2. The van der Waals surface area contributed by atoms with Crippen molar-refractivity contribution < 1.29 is 4.74 Å². The van der Waals surface area contributed by atoms with Crippen LogP contribution in [0.2, 0.25) is 0 Å². The van der Waals surface area contributed by atoms with E-state index in [-0.39, 0.29) is 6.04 Å². The molecular formula is C17H23N3O. The van der Waals surface area contributed by atoms with Crippen LogP contribution in [0.3, 0.4) is 0 Å². The van der Waals surface area contributed by atoms with Gasteiger partial charge in [0.2, 0.25) is 0 Å². The van der Waals surface area contributed by atoms with Crippen molar-refractivity contribution in [2.24, 2.45) is 11.7 Å². The summed E-state index contributed by atoms with van der Waals surface area (Å²) in [4.78, 5) is 0. The molecule has 2 aromatic rings. The number of ether oxygens (including phenoxy) is 1. The van der Waals surface area contributed by atoms with Gasteiger partial charge in [0.25, 0.3) is 0 Å². The number of rotatable bonds is 4. The summed E-state index contributed by atoms with van der Waals surface area (Å²) in [5, 5.41) is 6.03. The lowest BCUT2D eigenvalue weighted by molar-refractivity contribution is 0.0884. The lowest BCUT2D eigenvalue weighted by atomic mass is 9.82. The summed E-state index contributed by atoms with van der Waals surface area (Å²) >= 11 is 0. The number of benzene rings is 1. The molecule has 4 nitrogen and oxygen atoms in total. The summed E-state index contributed by atoms with van der Waals surface area (Å²) in [5.41, 5.74) is 8.87. The Bertz CT molecular complexity index is 651. The van der Waals surface area contributed by atoms with Gasteiger partial charge < -0.3 is 10.5 Å². The number of hydrogen-bond acceptors (Lipinski definition) is 3. The summed E-state index contributed by atoms with van der Waals surface area (Å²) in [5.74, 6) is 0.509. The Morgan fingerprint density at radius 3 is 2.95 bits per heavy atom. The molecule has 1 aromatic carbocycles. The van der Waals surface area contributed by atoms with Gasteiger partial charge in [0.1, 0.15) is 0 Å². The van der Waals surface area contributed by atoms with Crippen LogP contribution in [0, 0.1) is 5.92 Å². The molecule has 2 aliphatic rings. The van der Waals surface area contributed by atoms with Crippen molar-refractivity contribution in [2.75, 3.05) is 0 Å². The Hall–Kier alpha value is -1.39. The van der Waals surface area contributed by atoms with Gasteiger partial charge in [0.15, 0.2) is 0 Å². The minimum atomic E-state index is 0.156. The summed E-state index contributed by atoms with van der Waals surface area (Å²) in [6, 6.07) is 8.61. The third kappa shape index (κ3) is 2.17. The Kier molecular flexibility index (Phi) is 3.23. The molecular weight excluding hydrogens is 262 g/mol. The molecule has 0 radical (unpaired) electrons.